The van der Waals surface area contributed by atoms with E-state index in [0.29, 0.717) is 16.7 Å². The lowest BCUT2D eigenvalue weighted by Gasteiger charge is -2.38. The van der Waals surface area contributed by atoms with Gasteiger partial charge in [-0.2, -0.15) is 0 Å². The fraction of sp³-hybridized carbons (Fsp3) is 0.600. The standard InChI is InChI=1S/C15H22FNO/c1-11(18)12-4-5-14(13(16)10-12)17-8-6-15(2,3)7-9-17/h4-5,10-11,18H,6-9H2,1-3H3/t11-/m0/s1. The van der Waals surface area contributed by atoms with Gasteiger partial charge in [0.1, 0.15) is 5.82 Å². The summed E-state index contributed by atoms with van der Waals surface area (Å²) in [5.41, 5.74) is 1.66. The van der Waals surface area contributed by atoms with Gasteiger partial charge < -0.3 is 10.0 Å². The Labute approximate surface area is 108 Å². The van der Waals surface area contributed by atoms with E-state index >= 15 is 0 Å². The topological polar surface area (TPSA) is 23.5 Å². The first kappa shape index (κ1) is 13.3. The zero-order valence-electron chi connectivity index (χ0n) is 11.4. The van der Waals surface area contributed by atoms with E-state index in [-0.39, 0.29) is 5.82 Å². The van der Waals surface area contributed by atoms with E-state index in [0.717, 1.165) is 25.9 Å². The van der Waals surface area contributed by atoms with E-state index in [1.54, 1.807) is 13.0 Å². The van der Waals surface area contributed by atoms with Gasteiger partial charge in [0.05, 0.1) is 11.8 Å². The monoisotopic (exact) mass is 251 g/mol. The summed E-state index contributed by atoms with van der Waals surface area (Å²) in [6.45, 7) is 7.97. The molecule has 3 heteroatoms. The molecular weight excluding hydrogens is 229 g/mol. The highest BCUT2D eigenvalue weighted by molar-refractivity contribution is 5.49. The quantitative estimate of drug-likeness (QED) is 0.869. The SMILES string of the molecule is C[C@H](O)c1ccc(N2CCC(C)(C)CC2)c(F)c1. The zero-order chi connectivity index (χ0) is 13.3. The zero-order valence-corrected chi connectivity index (χ0v) is 11.4. The third-order valence-electron chi connectivity index (χ3n) is 3.91. The number of aliphatic hydroxyl groups is 1. The number of nitrogens with zero attached hydrogens (tertiary/aromatic N) is 1. The van der Waals surface area contributed by atoms with Gasteiger partial charge in [-0.3, -0.25) is 0 Å². The fourth-order valence-electron chi connectivity index (χ4n) is 2.39. The van der Waals surface area contributed by atoms with Gasteiger partial charge in [0.25, 0.3) is 0 Å². The van der Waals surface area contributed by atoms with Gasteiger partial charge in [-0.15, -0.1) is 0 Å². The lowest BCUT2D eigenvalue weighted by atomic mass is 9.82. The van der Waals surface area contributed by atoms with Crippen LogP contribution in [0.4, 0.5) is 10.1 Å². The number of aliphatic hydroxyl groups excluding tert-OH is 1. The Hall–Kier alpha value is -1.09. The van der Waals surface area contributed by atoms with Crippen LogP contribution in [0.2, 0.25) is 0 Å². The Bertz CT molecular complexity index is 419. The summed E-state index contributed by atoms with van der Waals surface area (Å²) in [6, 6.07) is 5.04. The average Bonchev–Trinajstić information content (AvgIpc) is 2.29. The molecule has 0 unspecified atom stereocenters. The molecule has 1 N–H and O–H groups in total. The number of rotatable bonds is 2. The maximum absolute atomic E-state index is 14.0. The van der Waals surface area contributed by atoms with E-state index < -0.39 is 6.10 Å². The Morgan fingerprint density at radius 1 is 1.28 bits per heavy atom. The van der Waals surface area contributed by atoms with Gasteiger partial charge in [-0.25, -0.2) is 4.39 Å². The summed E-state index contributed by atoms with van der Waals surface area (Å²) in [6.07, 6.45) is 1.56. The molecular formula is C15H22FNO. The van der Waals surface area contributed by atoms with Gasteiger partial charge >= 0.3 is 0 Å². The summed E-state index contributed by atoms with van der Waals surface area (Å²) in [7, 11) is 0. The van der Waals surface area contributed by atoms with Crippen LogP contribution in [0.25, 0.3) is 0 Å². The second-order valence-electron chi connectivity index (χ2n) is 6.04. The molecule has 1 heterocycles. The first-order valence-corrected chi connectivity index (χ1v) is 6.61. The molecule has 2 nitrogen and oxygen atoms in total. The number of halogens is 1. The second kappa shape index (κ2) is 4.88. The molecule has 0 bridgehead atoms. The predicted octanol–water partition coefficient (Wildman–Crippen LogP) is 3.51. The van der Waals surface area contributed by atoms with Gasteiger partial charge in [-0.05, 0) is 42.9 Å². The minimum atomic E-state index is -0.617. The molecule has 1 aromatic carbocycles. The Kier molecular flexibility index (Phi) is 3.62. The number of anilines is 1. The third-order valence-corrected chi connectivity index (χ3v) is 3.91. The van der Waals surface area contributed by atoms with E-state index in [2.05, 4.69) is 18.7 Å². The van der Waals surface area contributed by atoms with Crippen LogP contribution in [-0.2, 0) is 0 Å². The van der Waals surface area contributed by atoms with Gasteiger partial charge in [0, 0.05) is 13.1 Å². The first-order valence-electron chi connectivity index (χ1n) is 6.61. The van der Waals surface area contributed by atoms with Crippen molar-refractivity contribution in [3.63, 3.8) is 0 Å². The fourth-order valence-corrected chi connectivity index (χ4v) is 2.39. The maximum atomic E-state index is 14.0. The molecule has 0 radical (unpaired) electrons. The number of hydrogen-bond donors (Lipinski definition) is 1. The third kappa shape index (κ3) is 2.83. The Balaban J connectivity index is 2.15. The second-order valence-corrected chi connectivity index (χ2v) is 6.04. The van der Waals surface area contributed by atoms with Crippen LogP contribution >= 0.6 is 0 Å². The van der Waals surface area contributed by atoms with Crippen LogP contribution in [0, 0.1) is 11.2 Å². The highest BCUT2D eigenvalue weighted by Crippen LogP contribution is 2.33. The van der Waals surface area contributed by atoms with E-state index in [1.807, 2.05) is 6.07 Å². The Morgan fingerprint density at radius 3 is 2.39 bits per heavy atom. The molecule has 1 atom stereocenters. The summed E-state index contributed by atoms with van der Waals surface area (Å²) >= 11 is 0. The molecule has 1 aliphatic rings. The minimum absolute atomic E-state index is 0.229. The lowest BCUT2D eigenvalue weighted by molar-refractivity contribution is 0.199. The van der Waals surface area contributed by atoms with Crippen LogP contribution in [-0.4, -0.2) is 18.2 Å². The van der Waals surface area contributed by atoms with Crippen molar-refractivity contribution in [3.8, 4) is 0 Å². The number of hydrogen-bond acceptors (Lipinski definition) is 2. The summed E-state index contributed by atoms with van der Waals surface area (Å²) in [5.74, 6) is -0.229. The molecule has 0 saturated carbocycles. The normalized spacial score (nSPS) is 20.8. The molecule has 1 aliphatic heterocycles. The van der Waals surface area contributed by atoms with E-state index in [9.17, 15) is 9.50 Å². The largest absolute Gasteiger partial charge is 0.389 e. The van der Waals surface area contributed by atoms with Crippen molar-refractivity contribution in [3.05, 3.63) is 29.6 Å². The molecule has 1 aromatic rings. The van der Waals surface area contributed by atoms with Crippen LogP contribution in [0.3, 0.4) is 0 Å². The average molecular weight is 251 g/mol. The van der Waals surface area contributed by atoms with Crippen molar-refractivity contribution in [2.45, 2.75) is 39.7 Å². The molecule has 0 spiro atoms. The van der Waals surface area contributed by atoms with Gasteiger partial charge in [-0.1, -0.05) is 19.9 Å². The lowest BCUT2D eigenvalue weighted by Crippen LogP contribution is -2.37. The minimum Gasteiger partial charge on any atom is -0.389 e. The van der Waals surface area contributed by atoms with Crippen LogP contribution in [0.1, 0.15) is 45.3 Å². The van der Waals surface area contributed by atoms with Crippen LogP contribution < -0.4 is 4.90 Å². The van der Waals surface area contributed by atoms with Crippen LogP contribution in [0.5, 0.6) is 0 Å². The Morgan fingerprint density at radius 2 is 1.89 bits per heavy atom. The summed E-state index contributed by atoms with van der Waals surface area (Å²) in [5, 5.41) is 9.44. The van der Waals surface area contributed by atoms with Gasteiger partial charge in [0.15, 0.2) is 0 Å². The van der Waals surface area contributed by atoms with Crippen molar-refractivity contribution < 1.29 is 9.50 Å². The molecule has 100 valence electrons. The molecule has 1 saturated heterocycles. The molecule has 0 aromatic heterocycles. The molecule has 1 fully saturated rings. The predicted molar refractivity (Wildman–Crippen MR) is 72.3 cm³/mol. The van der Waals surface area contributed by atoms with Gasteiger partial charge in [0.2, 0.25) is 0 Å². The number of piperidine rings is 1. The van der Waals surface area contributed by atoms with E-state index in [1.165, 1.54) is 6.07 Å². The van der Waals surface area contributed by atoms with Crippen molar-refractivity contribution in [2.24, 2.45) is 5.41 Å². The van der Waals surface area contributed by atoms with Crippen LogP contribution in [0.15, 0.2) is 18.2 Å². The van der Waals surface area contributed by atoms with Crippen molar-refractivity contribution in [1.82, 2.24) is 0 Å². The highest BCUT2D eigenvalue weighted by atomic mass is 19.1. The number of benzene rings is 1. The van der Waals surface area contributed by atoms with Crippen molar-refractivity contribution in [2.75, 3.05) is 18.0 Å². The van der Waals surface area contributed by atoms with Crippen molar-refractivity contribution in [1.29, 1.82) is 0 Å². The van der Waals surface area contributed by atoms with E-state index in [4.69, 9.17) is 0 Å². The first-order chi connectivity index (χ1) is 8.39. The molecule has 18 heavy (non-hydrogen) atoms. The smallest absolute Gasteiger partial charge is 0.146 e. The summed E-state index contributed by atoms with van der Waals surface area (Å²) in [4.78, 5) is 2.10. The highest BCUT2D eigenvalue weighted by Gasteiger charge is 2.26. The molecule has 0 amide bonds. The summed E-state index contributed by atoms with van der Waals surface area (Å²) < 4.78 is 14.0. The maximum Gasteiger partial charge on any atom is 0.146 e. The molecule has 0 aliphatic carbocycles. The van der Waals surface area contributed by atoms with Crippen molar-refractivity contribution >= 4 is 5.69 Å². The molecule has 2 rings (SSSR count).